The van der Waals surface area contributed by atoms with Gasteiger partial charge in [0.2, 0.25) is 0 Å². The quantitative estimate of drug-likeness (QED) is 0.609. The number of hydrogen-bond donors (Lipinski definition) is 0. The topological polar surface area (TPSA) is 60.9 Å². The summed E-state index contributed by atoms with van der Waals surface area (Å²) in [6.07, 6.45) is 0. The second kappa shape index (κ2) is 6.41. The minimum atomic E-state index is -0.907. The number of halogens is 2. The first-order chi connectivity index (χ1) is 10.7. The molecular formula is C15H17F2N3O3. The van der Waals surface area contributed by atoms with Gasteiger partial charge in [0.05, 0.1) is 6.67 Å². The minimum Gasteiger partial charge on any atom is -0.284 e. The van der Waals surface area contributed by atoms with Crippen LogP contribution in [0, 0.1) is 11.6 Å². The molecule has 1 aromatic carbocycles. The lowest BCUT2D eigenvalue weighted by molar-refractivity contribution is -0.144. The summed E-state index contributed by atoms with van der Waals surface area (Å²) in [5.74, 6) is -3.17. The summed E-state index contributed by atoms with van der Waals surface area (Å²) < 4.78 is 26.5. The van der Waals surface area contributed by atoms with Gasteiger partial charge in [-0.3, -0.25) is 19.4 Å². The van der Waals surface area contributed by atoms with E-state index in [4.69, 9.17) is 0 Å². The molecule has 4 amide bonds. The van der Waals surface area contributed by atoms with Gasteiger partial charge in [0.1, 0.15) is 11.6 Å². The molecule has 2 rings (SSSR count). The van der Waals surface area contributed by atoms with Crippen molar-refractivity contribution in [1.82, 2.24) is 14.7 Å². The third-order valence-corrected chi connectivity index (χ3v) is 3.44. The van der Waals surface area contributed by atoms with Crippen molar-refractivity contribution >= 4 is 17.8 Å². The van der Waals surface area contributed by atoms with Crippen molar-refractivity contribution in [2.45, 2.75) is 26.4 Å². The fourth-order valence-corrected chi connectivity index (χ4v) is 2.33. The zero-order chi connectivity index (χ0) is 17.3. The minimum absolute atomic E-state index is 0.0546. The van der Waals surface area contributed by atoms with E-state index in [0.717, 1.165) is 21.9 Å². The Kier molecular flexibility index (Phi) is 4.74. The first kappa shape index (κ1) is 17.0. The SMILES string of the molecule is CC(C)N1C(=O)C(=O)N(CN(C)Cc2ccc(F)cc2F)C1=O. The van der Waals surface area contributed by atoms with Crippen molar-refractivity contribution in [3.05, 3.63) is 35.4 Å². The Morgan fingerprint density at radius 3 is 2.30 bits per heavy atom. The normalized spacial score (nSPS) is 15.5. The molecule has 0 spiro atoms. The second-order valence-electron chi connectivity index (χ2n) is 5.68. The van der Waals surface area contributed by atoms with E-state index < -0.39 is 35.5 Å². The number of amides is 4. The lowest BCUT2D eigenvalue weighted by Crippen LogP contribution is -2.42. The van der Waals surface area contributed by atoms with Crippen molar-refractivity contribution < 1.29 is 23.2 Å². The zero-order valence-corrected chi connectivity index (χ0v) is 13.0. The molecule has 6 nitrogen and oxygen atoms in total. The largest absolute Gasteiger partial charge is 0.335 e. The van der Waals surface area contributed by atoms with Gasteiger partial charge in [-0.15, -0.1) is 0 Å². The maximum absolute atomic E-state index is 13.6. The highest BCUT2D eigenvalue weighted by atomic mass is 19.1. The van der Waals surface area contributed by atoms with E-state index >= 15 is 0 Å². The highest BCUT2D eigenvalue weighted by Crippen LogP contribution is 2.17. The molecule has 0 bridgehead atoms. The molecule has 0 unspecified atom stereocenters. The smallest absolute Gasteiger partial charge is 0.284 e. The van der Waals surface area contributed by atoms with Gasteiger partial charge in [0, 0.05) is 24.2 Å². The second-order valence-corrected chi connectivity index (χ2v) is 5.68. The van der Waals surface area contributed by atoms with E-state index in [-0.39, 0.29) is 18.8 Å². The summed E-state index contributed by atoms with van der Waals surface area (Å²) in [5, 5.41) is 0. The number of carbonyl (C=O) groups is 3. The van der Waals surface area contributed by atoms with Gasteiger partial charge in [-0.1, -0.05) is 6.07 Å². The van der Waals surface area contributed by atoms with Crippen LogP contribution in [0.15, 0.2) is 18.2 Å². The molecule has 1 aromatic rings. The average Bonchev–Trinajstić information content (AvgIpc) is 2.66. The number of urea groups is 1. The Hall–Kier alpha value is -2.35. The van der Waals surface area contributed by atoms with Gasteiger partial charge in [-0.2, -0.15) is 0 Å². The molecule has 1 fully saturated rings. The van der Waals surface area contributed by atoms with Gasteiger partial charge in [-0.05, 0) is 27.0 Å². The number of imide groups is 2. The van der Waals surface area contributed by atoms with Gasteiger partial charge >= 0.3 is 17.8 Å². The number of benzene rings is 1. The molecule has 0 aliphatic carbocycles. The van der Waals surface area contributed by atoms with E-state index in [1.54, 1.807) is 20.9 Å². The molecule has 0 aromatic heterocycles. The summed E-state index contributed by atoms with van der Waals surface area (Å²) in [6.45, 7) is 3.15. The summed E-state index contributed by atoms with van der Waals surface area (Å²) in [7, 11) is 1.56. The van der Waals surface area contributed by atoms with Crippen LogP contribution in [0.25, 0.3) is 0 Å². The van der Waals surface area contributed by atoms with Crippen molar-refractivity contribution in [2.24, 2.45) is 0 Å². The molecular weight excluding hydrogens is 308 g/mol. The lowest BCUT2D eigenvalue weighted by atomic mass is 10.2. The van der Waals surface area contributed by atoms with E-state index in [0.29, 0.717) is 0 Å². The van der Waals surface area contributed by atoms with Crippen LogP contribution in [0.1, 0.15) is 19.4 Å². The van der Waals surface area contributed by atoms with Gasteiger partial charge in [0.15, 0.2) is 0 Å². The van der Waals surface area contributed by atoms with Crippen LogP contribution in [0.3, 0.4) is 0 Å². The predicted octanol–water partition coefficient (Wildman–Crippen LogP) is 1.55. The van der Waals surface area contributed by atoms with Crippen molar-refractivity contribution in [3.63, 3.8) is 0 Å². The molecule has 0 atom stereocenters. The Bertz CT molecular complexity index is 663. The zero-order valence-electron chi connectivity index (χ0n) is 13.0. The predicted molar refractivity (Wildman–Crippen MR) is 76.9 cm³/mol. The summed E-state index contributed by atoms with van der Waals surface area (Å²) in [4.78, 5) is 39.0. The van der Waals surface area contributed by atoms with Crippen LogP contribution in [0.2, 0.25) is 0 Å². The number of hydrogen-bond acceptors (Lipinski definition) is 4. The Morgan fingerprint density at radius 2 is 1.78 bits per heavy atom. The van der Waals surface area contributed by atoms with Crippen molar-refractivity contribution in [1.29, 1.82) is 0 Å². The van der Waals surface area contributed by atoms with Crippen LogP contribution in [0.5, 0.6) is 0 Å². The summed E-state index contributed by atoms with van der Waals surface area (Å²) >= 11 is 0. The summed E-state index contributed by atoms with van der Waals surface area (Å²) in [5.41, 5.74) is 0.222. The number of rotatable bonds is 5. The van der Waals surface area contributed by atoms with Crippen LogP contribution >= 0.6 is 0 Å². The van der Waals surface area contributed by atoms with Crippen LogP contribution < -0.4 is 0 Å². The van der Waals surface area contributed by atoms with E-state index in [1.807, 2.05) is 0 Å². The Labute approximate surface area is 132 Å². The average molecular weight is 325 g/mol. The molecule has 8 heteroatoms. The van der Waals surface area contributed by atoms with E-state index in [1.165, 1.54) is 11.0 Å². The first-order valence-corrected chi connectivity index (χ1v) is 7.04. The summed E-state index contributed by atoms with van der Waals surface area (Å²) in [6, 6.07) is 2.06. The monoisotopic (exact) mass is 325 g/mol. The maximum Gasteiger partial charge on any atom is 0.335 e. The molecule has 0 saturated carbocycles. The Morgan fingerprint density at radius 1 is 1.13 bits per heavy atom. The highest BCUT2D eigenvalue weighted by molar-refractivity contribution is 6.44. The van der Waals surface area contributed by atoms with Crippen molar-refractivity contribution in [2.75, 3.05) is 13.7 Å². The van der Waals surface area contributed by atoms with Gasteiger partial charge < -0.3 is 0 Å². The molecule has 1 aliphatic rings. The molecule has 0 radical (unpaired) electrons. The molecule has 0 N–H and O–H groups in total. The fourth-order valence-electron chi connectivity index (χ4n) is 2.33. The Balaban J connectivity index is 2.08. The van der Waals surface area contributed by atoms with Gasteiger partial charge in [-0.25, -0.2) is 18.5 Å². The first-order valence-electron chi connectivity index (χ1n) is 7.04. The molecule has 1 saturated heterocycles. The van der Waals surface area contributed by atoms with E-state index in [9.17, 15) is 23.2 Å². The standard InChI is InChI=1S/C15H17F2N3O3/c1-9(2)20-14(22)13(21)19(15(20)23)8-18(3)7-10-4-5-11(16)6-12(10)17/h4-6,9H,7-8H2,1-3H3. The molecule has 1 heterocycles. The molecule has 23 heavy (non-hydrogen) atoms. The molecule has 1 aliphatic heterocycles. The fraction of sp³-hybridized carbons (Fsp3) is 0.400. The van der Waals surface area contributed by atoms with E-state index in [2.05, 4.69) is 0 Å². The van der Waals surface area contributed by atoms with Crippen LogP contribution in [-0.2, 0) is 16.1 Å². The third kappa shape index (κ3) is 3.37. The van der Waals surface area contributed by atoms with Gasteiger partial charge in [0.25, 0.3) is 0 Å². The van der Waals surface area contributed by atoms with Crippen LogP contribution in [0.4, 0.5) is 13.6 Å². The number of nitrogens with zero attached hydrogens (tertiary/aromatic N) is 3. The molecule has 124 valence electrons. The number of carbonyl (C=O) groups excluding carboxylic acids is 3. The third-order valence-electron chi connectivity index (χ3n) is 3.44. The lowest BCUT2D eigenvalue weighted by Gasteiger charge is -2.23. The highest BCUT2D eigenvalue weighted by Gasteiger charge is 2.45. The van der Waals surface area contributed by atoms with Crippen LogP contribution in [-0.4, -0.2) is 52.3 Å². The maximum atomic E-state index is 13.6. The van der Waals surface area contributed by atoms with Crippen molar-refractivity contribution in [3.8, 4) is 0 Å².